The fraction of sp³-hybridized carbons (Fsp3) is 0.538. The Morgan fingerprint density at radius 1 is 0.941 bits per heavy atom. The van der Waals surface area contributed by atoms with Crippen molar-refractivity contribution in [1.29, 1.82) is 0 Å². The van der Waals surface area contributed by atoms with Crippen LogP contribution in [-0.4, -0.2) is 58.9 Å². The van der Waals surface area contributed by atoms with Crippen molar-refractivity contribution in [2.24, 2.45) is 0 Å². The minimum atomic E-state index is -4.90. The van der Waals surface area contributed by atoms with Gasteiger partial charge in [-0.2, -0.15) is 13.2 Å². The highest BCUT2D eigenvalue weighted by molar-refractivity contribution is 5.99. The van der Waals surface area contributed by atoms with Crippen LogP contribution in [0.2, 0.25) is 0 Å². The minimum absolute atomic E-state index is 0.0169. The average molecular weight is 476 g/mol. The van der Waals surface area contributed by atoms with E-state index in [1.54, 1.807) is 6.07 Å². The number of likely N-dealkylation sites (tertiary alicyclic amines) is 1. The first-order chi connectivity index (χ1) is 16.2. The molecule has 4 rings (SSSR count). The highest BCUT2D eigenvalue weighted by atomic mass is 19.4. The predicted molar refractivity (Wildman–Crippen MR) is 124 cm³/mol. The Kier molecular flexibility index (Phi) is 6.90. The molecule has 34 heavy (non-hydrogen) atoms. The predicted octanol–water partition coefficient (Wildman–Crippen LogP) is 5.04. The number of halogens is 3. The van der Waals surface area contributed by atoms with E-state index in [1.807, 2.05) is 36.2 Å². The molecule has 184 valence electrons. The molecule has 1 fully saturated rings. The van der Waals surface area contributed by atoms with Crippen LogP contribution in [0.25, 0.3) is 0 Å². The number of ketones is 1. The van der Waals surface area contributed by atoms with Crippen molar-refractivity contribution in [3.63, 3.8) is 0 Å². The lowest BCUT2D eigenvalue weighted by atomic mass is 9.81. The molecule has 2 aromatic rings. The smallest absolute Gasteiger partial charge is 0.339 e. The molecule has 1 aromatic carbocycles. The van der Waals surface area contributed by atoms with Crippen molar-refractivity contribution in [2.45, 2.75) is 63.7 Å². The van der Waals surface area contributed by atoms with E-state index < -0.39 is 17.5 Å². The first-order valence-corrected chi connectivity index (χ1v) is 12.1. The van der Waals surface area contributed by atoms with Crippen LogP contribution in [0, 0.1) is 0 Å². The number of nitrogens with zero attached hydrogens (tertiary/aromatic N) is 3. The number of benzene rings is 1. The number of Topliss-reactive ketones (excluding diaryl/α,β-unsaturated/α-hetero) is 1. The topological polar surface area (TPSA) is 45.6 Å². The van der Waals surface area contributed by atoms with Crippen molar-refractivity contribution in [1.82, 2.24) is 14.4 Å². The number of amides is 1. The van der Waals surface area contributed by atoms with Crippen LogP contribution in [0.4, 0.5) is 13.2 Å². The molecule has 0 aliphatic carbocycles. The van der Waals surface area contributed by atoms with E-state index in [4.69, 9.17) is 0 Å². The van der Waals surface area contributed by atoms with Gasteiger partial charge in [0.2, 0.25) is 0 Å². The van der Waals surface area contributed by atoms with E-state index in [-0.39, 0.29) is 11.6 Å². The fourth-order valence-corrected chi connectivity index (χ4v) is 5.41. The maximum Gasteiger partial charge on any atom is 0.456 e. The van der Waals surface area contributed by atoms with Gasteiger partial charge in [0.15, 0.2) is 0 Å². The number of rotatable bonds is 6. The molecule has 5 nitrogen and oxygen atoms in total. The number of alkyl halides is 3. The highest BCUT2D eigenvalue weighted by Crippen LogP contribution is 2.42. The van der Waals surface area contributed by atoms with Gasteiger partial charge < -0.3 is 9.47 Å². The van der Waals surface area contributed by atoms with Gasteiger partial charge in [0.05, 0.1) is 11.2 Å². The zero-order valence-electron chi connectivity index (χ0n) is 19.8. The van der Waals surface area contributed by atoms with Crippen LogP contribution in [0.5, 0.6) is 0 Å². The summed E-state index contributed by atoms with van der Waals surface area (Å²) in [4.78, 5) is 29.0. The zero-order valence-corrected chi connectivity index (χ0v) is 19.8. The van der Waals surface area contributed by atoms with Gasteiger partial charge in [-0.1, -0.05) is 31.9 Å². The number of carbonyl (C=O) groups is 2. The lowest BCUT2D eigenvalue weighted by Gasteiger charge is -2.50. The van der Waals surface area contributed by atoms with E-state index in [1.165, 1.54) is 29.0 Å². The summed E-state index contributed by atoms with van der Waals surface area (Å²) in [6, 6.07) is 10.8. The third-order valence-corrected chi connectivity index (χ3v) is 7.48. The summed E-state index contributed by atoms with van der Waals surface area (Å²) in [5, 5.41) is 0. The molecule has 0 saturated carbocycles. The Hall–Kier alpha value is -2.61. The first kappa shape index (κ1) is 24.5. The number of hydrogen-bond donors (Lipinski definition) is 0. The zero-order chi connectivity index (χ0) is 24.5. The van der Waals surface area contributed by atoms with Gasteiger partial charge in [0.25, 0.3) is 11.7 Å². The summed E-state index contributed by atoms with van der Waals surface area (Å²) in [5.74, 6) is -1.82. The van der Waals surface area contributed by atoms with Crippen LogP contribution in [0.15, 0.2) is 36.4 Å². The third kappa shape index (κ3) is 4.52. The Labute approximate surface area is 198 Å². The second-order valence-corrected chi connectivity index (χ2v) is 9.48. The quantitative estimate of drug-likeness (QED) is 0.434. The van der Waals surface area contributed by atoms with E-state index in [9.17, 15) is 22.8 Å². The standard InChI is InChI=1S/C26H32F3N3O2/c1-3-4-5-6-19-7-9-20(10-8-19)24(34)31-15-13-25(14-16-31)22-12-11-21(23(33)26(27,28)29)32(22)18-17-30(25)2/h7-12H,3-6,13-18H2,1-2H3. The Morgan fingerprint density at radius 2 is 1.62 bits per heavy atom. The monoisotopic (exact) mass is 475 g/mol. The number of fused-ring (bicyclic) bond motifs is 2. The SMILES string of the molecule is CCCCCc1ccc(C(=O)N2CCC3(CC2)c2ccc(C(=O)C(F)(F)F)n2CCN3C)cc1. The average Bonchev–Trinajstić information content (AvgIpc) is 3.26. The molecule has 2 aliphatic rings. The molecule has 8 heteroatoms. The van der Waals surface area contributed by atoms with Crippen molar-refractivity contribution in [3.8, 4) is 0 Å². The summed E-state index contributed by atoms with van der Waals surface area (Å²) < 4.78 is 40.8. The summed E-state index contributed by atoms with van der Waals surface area (Å²) in [5.41, 5.74) is 1.84. The number of aryl methyl sites for hydroxylation is 1. The normalized spacial score (nSPS) is 18.2. The number of piperidine rings is 1. The molecule has 2 aliphatic heterocycles. The Morgan fingerprint density at radius 3 is 2.24 bits per heavy atom. The molecule has 3 heterocycles. The lowest BCUT2D eigenvalue weighted by Crippen LogP contribution is -2.56. The number of likely N-dealkylation sites (N-methyl/N-ethyl adjacent to an activating group) is 1. The van der Waals surface area contributed by atoms with Gasteiger partial charge in [0, 0.05) is 37.4 Å². The van der Waals surface area contributed by atoms with Gasteiger partial charge in [-0.3, -0.25) is 14.5 Å². The molecule has 0 radical (unpaired) electrons. The van der Waals surface area contributed by atoms with E-state index >= 15 is 0 Å². The maximum atomic E-state index is 13.1. The van der Waals surface area contributed by atoms with Gasteiger partial charge in [0.1, 0.15) is 0 Å². The minimum Gasteiger partial charge on any atom is -0.339 e. The van der Waals surface area contributed by atoms with Crippen molar-refractivity contribution in [2.75, 3.05) is 26.7 Å². The Bertz CT molecular complexity index is 1030. The maximum absolute atomic E-state index is 13.1. The van der Waals surface area contributed by atoms with Gasteiger partial charge in [-0.05, 0) is 62.6 Å². The Balaban J connectivity index is 1.47. The third-order valence-electron chi connectivity index (χ3n) is 7.48. The molecule has 1 spiro atoms. The van der Waals surface area contributed by atoms with Crippen molar-refractivity contribution in [3.05, 3.63) is 58.9 Å². The first-order valence-electron chi connectivity index (χ1n) is 12.1. The molecule has 0 atom stereocenters. The number of aromatic nitrogens is 1. The van der Waals surface area contributed by atoms with Crippen LogP contribution < -0.4 is 0 Å². The largest absolute Gasteiger partial charge is 0.456 e. The summed E-state index contributed by atoms with van der Waals surface area (Å²) in [6.45, 7) is 4.08. The van der Waals surface area contributed by atoms with Crippen LogP contribution in [0.1, 0.15) is 71.1 Å². The second-order valence-electron chi connectivity index (χ2n) is 9.48. The van der Waals surface area contributed by atoms with Gasteiger partial charge in [-0.15, -0.1) is 0 Å². The summed E-state index contributed by atoms with van der Waals surface area (Å²) >= 11 is 0. The van der Waals surface area contributed by atoms with E-state index in [0.29, 0.717) is 44.6 Å². The van der Waals surface area contributed by atoms with Gasteiger partial charge in [-0.25, -0.2) is 0 Å². The number of carbonyl (C=O) groups excluding carboxylic acids is 2. The molecular formula is C26H32F3N3O2. The molecular weight excluding hydrogens is 443 g/mol. The van der Waals surface area contributed by atoms with Gasteiger partial charge >= 0.3 is 6.18 Å². The highest BCUT2D eigenvalue weighted by Gasteiger charge is 2.47. The molecule has 0 unspecified atom stereocenters. The van der Waals surface area contributed by atoms with E-state index in [0.717, 1.165) is 18.5 Å². The fourth-order valence-electron chi connectivity index (χ4n) is 5.41. The molecule has 0 bridgehead atoms. The van der Waals surface area contributed by atoms with E-state index in [2.05, 4.69) is 11.8 Å². The van der Waals surface area contributed by atoms with Crippen LogP contribution in [0.3, 0.4) is 0 Å². The molecule has 1 aromatic heterocycles. The number of unbranched alkanes of at least 4 members (excludes halogenated alkanes) is 2. The van der Waals surface area contributed by atoms with Crippen molar-refractivity contribution < 1.29 is 22.8 Å². The van der Waals surface area contributed by atoms with Crippen LogP contribution >= 0.6 is 0 Å². The summed E-state index contributed by atoms with van der Waals surface area (Å²) in [6.07, 6.45) is 0.838. The molecule has 1 amide bonds. The molecule has 0 N–H and O–H groups in total. The lowest BCUT2D eigenvalue weighted by molar-refractivity contribution is -0.0892. The second kappa shape index (κ2) is 9.56. The van der Waals surface area contributed by atoms with Crippen LogP contribution in [-0.2, 0) is 18.5 Å². The number of hydrogen-bond acceptors (Lipinski definition) is 3. The molecule has 1 saturated heterocycles. The van der Waals surface area contributed by atoms with Crippen molar-refractivity contribution >= 4 is 11.7 Å². The summed E-state index contributed by atoms with van der Waals surface area (Å²) in [7, 11) is 1.97.